The zero-order valence-electron chi connectivity index (χ0n) is 28.9. The van der Waals surface area contributed by atoms with E-state index in [1.807, 2.05) is 78.9 Å². The van der Waals surface area contributed by atoms with Crippen LogP contribution in [0.4, 0.5) is 17.1 Å². The fraction of sp³-hybridized carbons (Fsp3) is 0.159. The number of nitriles is 1. The first-order chi connectivity index (χ1) is 25.5. The van der Waals surface area contributed by atoms with Crippen LogP contribution in [0.5, 0.6) is 5.75 Å². The Bertz CT molecular complexity index is 2240. The summed E-state index contributed by atoms with van der Waals surface area (Å²) in [7, 11) is 0. The first kappa shape index (κ1) is 37.0. The highest BCUT2D eigenvalue weighted by Gasteiger charge is 2.13. The van der Waals surface area contributed by atoms with Crippen LogP contribution in [-0.4, -0.2) is 13.1 Å². The van der Waals surface area contributed by atoms with Crippen LogP contribution < -0.4 is 9.64 Å². The van der Waals surface area contributed by atoms with Crippen molar-refractivity contribution in [2.45, 2.75) is 39.5 Å². The van der Waals surface area contributed by atoms with Gasteiger partial charge in [-0.25, -0.2) is 0 Å². The average Bonchev–Trinajstić information content (AvgIpc) is 3.83. The van der Waals surface area contributed by atoms with E-state index < -0.39 is 0 Å². The lowest BCUT2D eigenvalue weighted by atomic mass is 10.1. The van der Waals surface area contributed by atoms with Crippen LogP contribution in [0, 0.1) is 41.6 Å². The number of benzene rings is 3. The van der Waals surface area contributed by atoms with Crippen LogP contribution in [0.15, 0.2) is 109 Å². The number of allylic oxidation sites excluding steroid dienone is 1. The van der Waals surface area contributed by atoms with Crippen LogP contribution in [0.25, 0.3) is 17.0 Å². The van der Waals surface area contributed by atoms with Gasteiger partial charge in [-0.2, -0.15) is 10.1 Å². The molecule has 8 heteroatoms. The van der Waals surface area contributed by atoms with Gasteiger partial charge in [0.15, 0.2) is 0 Å². The van der Waals surface area contributed by atoms with E-state index in [9.17, 15) is 4.79 Å². The lowest BCUT2D eigenvalue weighted by Crippen LogP contribution is -2.10. The summed E-state index contributed by atoms with van der Waals surface area (Å²) >= 11 is 2.97. The van der Waals surface area contributed by atoms with Crippen molar-refractivity contribution in [1.82, 2.24) is 0 Å². The van der Waals surface area contributed by atoms with Gasteiger partial charge in [-0.1, -0.05) is 49.9 Å². The third-order valence-electron chi connectivity index (χ3n) is 7.61. The van der Waals surface area contributed by atoms with Crippen LogP contribution in [0.1, 0.15) is 70.2 Å². The molecule has 0 aliphatic rings. The Morgan fingerprint density at radius 2 is 1.29 bits per heavy atom. The van der Waals surface area contributed by atoms with Crippen molar-refractivity contribution in [3.8, 4) is 35.5 Å². The Kier molecular flexibility index (Phi) is 13.6. The summed E-state index contributed by atoms with van der Waals surface area (Å²) in [6.07, 6.45) is 8.02. The van der Waals surface area contributed by atoms with Gasteiger partial charge in [-0.15, -0.1) is 22.7 Å². The van der Waals surface area contributed by atoms with Crippen molar-refractivity contribution in [1.29, 1.82) is 5.26 Å². The van der Waals surface area contributed by atoms with Gasteiger partial charge >= 0.3 is 5.88 Å². The van der Waals surface area contributed by atoms with Crippen LogP contribution in [0.3, 0.4) is 0 Å². The minimum atomic E-state index is -0.0857. The number of anilines is 3. The van der Waals surface area contributed by atoms with Crippen LogP contribution >= 0.6 is 22.7 Å². The van der Waals surface area contributed by atoms with Crippen molar-refractivity contribution in [3.05, 3.63) is 151 Å². The second-order valence-electron chi connectivity index (χ2n) is 11.5. The molecule has 0 aliphatic heterocycles. The maximum absolute atomic E-state index is 10.6. The zero-order chi connectivity index (χ0) is 36.5. The molecule has 0 aliphatic carbocycles. The van der Waals surface area contributed by atoms with Gasteiger partial charge in [0.25, 0.3) is 6.47 Å². The minimum Gasteiger partial charge on any atom is -0.494 e. The third kappa shape index (κ3) is 10.9. The second kappa shape index (κ2) is 19.2. The van der Waals surface area contributed by atoms with E-state index in [1.165, 1.54) is 36.7 Å². The topological polar surface area (TPSA) is 66.9 Å². The number of thiophene rings is 2. The van der Waals surface area contributed by atoms with Gasteiger partial charge in [0.05, 0.1) is 29.0 Å². The molecule has 5 rings (SSSR count). The van der Waals surface area contributed by atoms with Gasteiger partial charge in [0, 0.05) is 49.6 Å². The van der Waals surface area contributed by atoms with Crippen LogP contribution in [-0.2, 0) is 9.53 Å². The number of rotatable bonds is 13. The third-order valence-corrected chi connectivity index (χ3v) is 9.50. The van der Waals surface area contributed by atoms with E-state index in [1.54, 1.807) is 18.3 Å². The van der Waals surface area contributed by atoms with Crippen molar-refractivity contribution in [2.75, 3.05) is 11.5 Å². The molecular formula is C44H35N3O3S2. The van der Waals surface area contributed by atoms with E-state index in [-0.39, 0.29) is 12.4 Å². The largest absolute Gasteiger partial charge is 0.494 e. The van der Waals surface area contributed by atoms with E-state index in [2.05, 4.69) is 75.4 Å². The average molecular weight is 718 g/mol. The van der Waals surface area contributed by atoms with Crippen molar-refractivity contribution < 1.29 is 14.3 Å². The van der Waals surface area contributed by atoms with E-state index >= 15 is 0 Å². The van der Waals surface area contributed by atoms with Crippen molar-refractivity contribution >= 4 is 58.4 Å². The van der Waals surface area contributed by atoms with Gasteiger partial charge in [-0.3, -0.25) is 4.79 Å². The summed E-state index contributed by atoms with van der Waals surface area (Å²) in [6.45, 7) is 12.1. The molecule has 256 valence electrons. The van der Waals surface area contributed by atoms with E-state index in [0.717, 1.165) is 59.9 Å². The number of ether oxygens (including phenoxy) is 2. The predicted octanol–water partition coefficient (Wildman–Crippen LogP) is 11.4. The highest BCUT2D eigenvalue weighted by molar-refractivity contribution is 7.13. The maximum atomic E-state index is 10.6. The number of unbranched alkanes of at least 4 members (excludes halogenated alkanes) is 3. The summed E-state index contributed by atoms with van der Waals surface area (Å²) in [5.41, 5.74) is 5.34. The molecule has 0 radical (unpaired) electrons. The highest BCUT2D eigenvalue weighted by atomic mass is 32.1. The summed E-state index contributed by atoms with van der Waals surface area (Å²) in [6, 6.07) is 34.3. The van der Waals surface area contributed by atoms with Gasteiger partial charge < -0.3 is 14.4 Å². The zero-order valence-corrected chi connectivity index (χ0v) is 30.5. The molecule has 6 nitrogen and oxygen atoms in total. The Labute approximate surface area is 313 Å². The Morgan fingerprint density at radius 1 is 0.750 bits per heavy atom. The molecule has 0 saturated carbocycles. The molecule has 2 heterocycles. The molecule has 0 unspecified atom stereocenters. The molecule has 3 aromatic carbocycles. The molecular weight excluding hydrogens is 683 g/mol. The molecule has 0 spiro atoms. The molecule has 5 aromatic rings. The van der Waals surface area contributed by atoms with Gasteiger partial charge in [-0.05, 0) is 116 Å². The lowest BCUT2D eigenvalue weighted by molar-refractivity contribution is -0.124. The smallest absolute Gasteiger partial charge is 0.349 e. The lowest BCUT2D eigenvalue weighted by Gasteiger charge is -2.25. The second-order valence-corrected chi connectivity index (χ2v) is 13.7. The number of carbonyl (C=O) groups excluding carboxylic acids is 1. The quantitative estimate of drug-likeness (QED) is 0.0303. The van der Waals surface area contributed by atoms with E-state index in [4.69, 9.17) is 16.6 Å². The van der Waals surface area contributed by atoms with Gasteiger partial charge in [0.2, 0.25) is 0 Å². The number of hydrogen-bond acceptors (Lipinski definition) is 7. The number of hydrogen-bond donors (Lipinski definition) is 0. The summed E-state index contributed by atoms with van der Waals surface area (Å²) in [5, 5.41) is 9.07. The summed E-state index contributed by atoms with van der Waals surface area (Å²) in [5.74, 6) is 13.7. The molecule has 0 atom stereocenters. The molecule has 0 fully saturated rings. The molecule has 0 saturated heterocycles. The molecule has 2 aromatic heterocycles. The van der Waals surface area contributed by atoms with Crippen molar-refractivity contribution in [3.63, 3.8) is 0 Å². The SMILES string of the molecule is [C-]#[N+]/C(=C\c1ccc(C#Cc2ccc(N(c3ccc(C#Cc4ccc(/C=C(/C)C#N)s4)cc3)c3ccc(OCCCCCC)cc3)cc2)s1)OC=O. The predicted molar refractivity (Wildman–Crippen MR) is 212 cm³/mol. The van der Waals surface area contributed by atoms with E-state index in [0.29, 0.717) is 12.2 Å². The normalized spacial score (nSPS) is 10.8. The number of nitrogens with zero attached hydrogens (tertiary/aromatic N) is 3. The fourth-order valence-corrected chi connectivity index (χ4v) is 6.67. The Balaban J connectivity index is 1.37. The molecule has 52 heavy (non-hydrogen) atoms. The first-order valence-electron chi connectivity index (χ1n) is 16.7. The maximum Gasteiger partial charge on any atom is 0.349 e. The fourth-order valence-electron chi connectivity index (χ4n) is 5.02. The minimum absolute atomic E-state index is 0.0857. The van der Waals surface area contributed by atoms with Crippen LogP contribution in [0.2, 0.25) is 0 Å². The standard InChI is InChI=1S/C44H35N3O3S2/c1-4-5-6-7-28-49-39-20-18-38(19-21-39)47(36-14-8-34(9-15-36)12-22-40-24-26-42(51-40)29-33(2)31-45)37-16-10-35(11-17-37)13-23-41-25-27-43(52-41)30-44(46-3)50-32-48/h8-11,14-21,24-27,29-30,32H,4-7,28H2,1-2H3/b33-29-,44-30+. The van der Waals surface area contributed by atoms with Gasteiger partial charge in [0.1, 0.15) is 5.75 Å². The van der Waals surface area contributed by atoms with Crippen molar-refractivity contribution in [2.24, 2.45) is 0 Å². The highest BCUT2D eigenvalue weighted by Crippen LogP contribution is 2.35. The molecule has 0 N–H and O–H groups in total. The Hall–Kier alpha value is -6.29. The first-order valence-corrected chi connectivity index (χ1v) is 18.4. The number of carbonyl (C=O) groups is 1. The molecule has 0 amide bonds. The summed E-state index contributed by atoms with van der Waals surface area (Å²) in [4.78, 5) is 19.5. The Morgan fingerprint density at radius 3 is 1.79 bits per heavy atom. The monoisotopic (exact) mass is 717 g/mol. The molecule has 0 bridgehead atoms. The summed E-state index contributed by atoms with van der Waals surface area (Å²) < 4.78 is 10.7.